The van der Waals surface area contributed by atoms with Gasteiger partial charge in [0.1, 0.15) is 5.82 Å². The van der Waals surface area contributed by atoms with Gasteiger partial charge in [-0.1, -0.05) is 22.9 Å². The fourth-order valence-electron chi connectivity index (χ4n) is 1.47. The van der Waals surface area contributed by atoms with Crippen molar-refractivity contribution < 1.29 is 14.6 Å². The number of benzene rings is 1. The highest BCUT2D eigenvalue weighted by molar-refractivity contribution is 9.10. The SMILES string of the molecule is CCC(CO)(CO)NCc1cc(F)ccc1Br. The summed E-state index contributed by atoms with van der Waals surface area (Å²) in [5.41, 5.74) is 0.0379. The molecule has 0 radical (unpaired) electrons. The van der Waals surface area contributed by atoms with Crippen LogP contribution in [0.2, 0.25) is 0 Å². The Morgan fingerprint density at radius 2 is 2.00 bits per heavy atom. The van der Waals surface area contributed by atoms with E-state index in [1.54, 1.807) is 6.07 Å². The zero-order valence-corrected chi connectivity index (χ0v) is 11.3. The third kappa shape index (κ3) is 3.74. The molecule has 0 bridgehead atoms. The Morgan fingerprint density at radius 1 is 1.35 bits per heavy atom. The summed E-state index contributed by atoms with van der Waals surface area (Å²) in [6.45, 7) is 1.94. The Morgan fingerprint density at radius 3 is 2.53 bits per heavy atom. The van der Waals surface area contributed by atoms with Crippen molar-refractivity contribution in [1.82, 2.24) is 5.32 Å². The van der Waals surface area contributed by atoms with Crippen molar-refractivity contribution in [3.8, 4) is 0 Å². The normalized spacial score (nSPS) is 11.8. The molecule has 0 saturated heterocycles. The molecule has 0 amide bonds. The van der Waals surface area contributed by atoms with Crippen LogP contribution in [0.5, 0.6) is 0 Å². The first-order chi connectivity index (χ1) is 8.06. The molecule has 0 saturated carbocycles. The fraction of sp³-hybridized carbons (Fsp3) is 0.500. The molecular weight excluding hydrogens is 289 g/mol. The highest BCUT2D eigenvalue weighted by atomic mass is 79.9. The molecule has 3 nitrogen and oxygen atoms in total. The molecule has 17 heavy (non-hydrogen) atoms. The van der Waals surface area contributed by atoms with Crippen LogP contribution in [0.1, 0.15) is 18.9 Å². The van der Waals surface area contributed by atoms with Gasteiger partial charge < -0.3 is 15.5 Å². The lowest BCUT2D eigenvalue weighted by Crippen LogP contribution is -2.50. The lowest BCUT2D eigenvalue weighted by molar-refractivity contribution is 0.0863. The van der Waals surface area contributed by atoms with Gasteiger partial charge in [-0.15, -0.1) is 0 Å². The molecule has 0 aliphatic carbocycles. The minimum atomic E-state index is -0.717. The topological polar surface area (TPSA) is 52.5 Å². The molecule has 3 N–H and O–H groups in total. The Labute approximate surface area is 109 Å². The van der Waals surface area contributed by atoms with Gasteiger partial charge >= 0.3 is 0 Å². The predicted molar refractivity (Wildman–Crippen MR) is 68.1 cm³/mol. The molecule has 0 fully saturated rings. The van der Waals surface area contributed by atoms with Crippen LogP contribution in [0.4, 0.5) is 4.39 Å². The molecule has 5 heteroatoms. The van der Waals surface area contributed by atoms with Crippen LogP contribution in [-0.2, 0) is 6.54 Å². The molecule has 1 rings (SSSR count). The van der Waals surface area contributed by atoms with Gasteiger partial charge in [-0.05, 0) is 30.2 Å². The molecule has 0 heterocycles. The van der Waals surface area contributed by atoms with Crippen LogP contribution in [0.25, 0.3) is 0 Å². The van der Waals surface area contributed by atoms with Crippen molar-refractivity contribution in [3.63, 3.8) is 0 Å². The summed E-state index contributed by atoms with van der Waals surface area (Å²) in [4.78, 5) is 0. The number of aliphatic hydroxyl groups is 2. The molecule has 0 aliphatic rings. The molecule has 96 valence electrons. The number of nitrogens with one attached hydrogen (secondary N) is 1. The van der Waals surface area contributed by atoms with E-state index in [0.29, 0.717) is 13.0 Å². The van der Waals surface area contributed by atoms with Gasteiger partial charge in [-0.2, -0.15) is 0 Å². The van der Waals surface area contributed by atoms with E-state index in [4.69, 9.17) is 0 Å². The Balaban J connectivity index is 2.75. The standard InChI is InChI=1S/C12H17BrFNO2/c1-2-12(7-16,8-17)15-6-9-5-10(14)3-4-11(9)13/h3-5,15-17H,2,6-8H2,1H3. The Kier molecular flexibility index (Phi) is 5.52. The summed E-state index contributed by atoms with van der Waals surface area (Å²) in [5, 5.41) is 21.6. The summed E-state index contributed by atoms with van der Waals surface area (Å²) in [6, 6.07) is 4.43. The second-order valence-corrected chi connectivity index (χ2v) is 4.89. The summed E-state index contributed by atoms with van der Waals surface area (Å²) < 4.78 is 13.9. The number of rotatable bonds is 6. The van der Waals surface area contributed by atoms with E-state index in [2.05, 4.69) is 21.2 Å². The Hall–Kier alpha value is -0.490. The number of halogens is 2. The molecule has 0 unspecified atom stereocenters. The Bertz CT molecular complexity index is 361. The van der Waals surface area contributed by atoms with Crippen molar-refractivity contribution in [1.29, 1.82) is 0 Å². The minimum Gasteiger partial charge on any atom is -0.394 e. The first-order valence-electron chi connectivity index (χ1n) is 5.47. The molecule has 1 aromatic rings. The van der Waals surface area contributed by atoms with E-state index in [1.807, 2.05) is 6.92 Å². The maximum atomic E-state index is 13.1. The zero-order chi connectivity index (χ0) is 12.9. The molecule has 0 spiro atoms. The summed E-state index contributed by atoms with van der Waals surface area (Å²) in [7, 11) is 0. The third-order valence-electron chi connectivity index (χ3n) is 2.94. The number of hydrogen-bond donors (Lipinski definition) is 3. The monoisotopic (exact) mass is 305 g/mol. The maximum absolute atomic E-state index is 13.1. The second-order valence-electron chi connectivity index (χ2n) is 4.04. The minimum absolute atomic E-state index is 0.160. The molecule has 0 aliphatic heterocycles. The zero-order valence-electron chi connectivity index (χ0n) is 9.71. The first kappa shape index (κ1) is 14.6. The fourth-order valence-corrected chi connectivity index (χ4v) is 1.86. The first-order valence-corrected chi connectivity index (χ1v) is 6.27. The summed E-state index contributed by atoms with van der Waals surface area (Å²) in [5.74, 6) is -0.305. The lowest BCUT2D eigenvalue weighted by atomic mass is 9.98. The van der Waals surface area contributed by atoms with Crippen LogP contribution in [0.15, 0.2) is 22.7 Å². The van der Waals surface area contributed by atoms with Gasteiger partial charge in [0.15, 0.2) is 0 Å². The van der Waals surface area contributed by atoms with E-state index in [-0.39, 0.29) is 19.0 Å². The van der Waals surface area contributed by atoms with Crippen molar-refractivity contribution in [2.45, 2.75) is 25.4 Å². The number of aliphatic hydroxyl groups excluding tert-OH is 2. The van der Waals surface area contributed by atoms with E-state index in [9.17, 15) is 14.6 Å². The van der Waals surface area contributed by atoms with E-state index in [0.717, 1.165) is 10.0 Å². The molecule has 1 aromatic carbocycles. The summed E-state index contributed by atoms with van der Waals surface area (Å²) in [6.07, 6.45) is 0.590. The van der Waals surface area contributed by atoms with Gasteiger partial charge in [0, 0.05) is 11.0 Å². The van der Waals surface area contributed by atoms with Crippen LogP contribution < -0.4 is 5.32 Å². The predicted octanol–water partition coefficient (Wildman–Crippen LogP) is 1.81. The van der Waals surface area contributed by atoms with Crippen LogP contribution in [-0.4, -0.2) is 29.0 Å². The average Bonchev–Trinajstić information content (AvgIpc) is 2.35. The second kappa shape index (κ2) is 6.44. The highest BCUT2D eigenvalue weighted by Crippen LogP contribution is 2.19. The van der Waals surface area contributed by atoms with E-state index < -0.39 is 5.54 Å². The van der Waals surface area contributed by atoms with Gasteiger partial charge in [-0.25, -0.2) is 4.39 Å². The largest absolute Gasteiger partial charge is 0.394 e. The van der Waals surface area contributed by atoms with Crippen molar-refractivity contribution in [2.24, 2.45) is 0 Å². The quantitative estimate of drug-likeness (QED) is 0.751. The lowest BCUT2D eigenvalue weighted by Gasteiger charge is -2.30. The van der Waals surface area contributed by atoms with Gasteiger partial charge in [0.25, 0.3) is 0 Å². The molecular formula is C12H17BrFNO2. The van der Waals surface area contributed by atoms with Crippen LogP contribution >= 0.6 is 15.9 Å². The van der Waals surface area contributed by atoms with Gasteiger partial charge in [0.2, 0.25) is 0 Å². The summed E-state index contributed by atoms with van der Waals surface area (Å²) >= 11 is 3.33. The molecule has 0 atom stereocenters. The van der Waals surface area contributed by atoms with E-state index in [1.165, 1.54) is 12.1 Å². The third-order valence-corrected chi connectivity index (χ3v) is 3.72. The highest BCUT2D eigenvalue weighted by Gasteiger charge is 2.25. The van der Waals surface area contributed by atoms with Crippen molar-refractivity contribution in [2.75, 3.05) is 13.2 Å². The van der Waals surface area contributed by atoms with Gasteiger partial charge in [0.05, 0.1) is 18.8 Å². The van der Waals surface area contributed by atoms with E-state index >= 15 is 0 Å². The van der Waals surface area contributed by atoms with Crippen LogP contribution in [0.3, 0.4) is 0 Å². The van der Waals surface area contributed by atoms with Crippen molar-refractivity contribution >= 4 is 15.9 Å². The molecule has 0 aromatic heterocycles. The van der Waals surface area contributed by atoms with Crippen LogP contribution in [0, 0.1) is 5.82 Å². The van der Waals surface area contributed by atoms with Gasteiger partial charge in [-0.3, -0.25) is 0 Å². The average molecular weight is 306 g/mol. The van der Waals surface area contributed by atoms with Crippen molar-refractivity contribution in [3.05, 3.63) is 34.1 Å². The number of hydrogen-bond acceptors (Lipinski definition) is 3. The maximum Gasteiger partial charge on any atom is 0.123 e. The smallest absolute Gasteiger partial charge is 0.123 e.